The van der Waals surface area contributed by atoms with Gasteiger partial charge in [0, 0.05) is 24.3 Å². The van der Waals surface area contributed by atoms with Gasteiger partial charge in [0.25, 0.3) is 5.69 Å². The molecule has 1 N–H and O–H groups in total. The molecule has 0 unspecified atom stereocenters. The molecule has 0 bridgehead atoms. The van der Waals surface area contributed by atoms with Gasteiger partial charge in [-0.3, -0.25) is 10.1 Å². The Kier molecular flexibility index (Phi) is 3.59. The third-order valence-corrected chi connectivity index (χ3v) is 2.34. The normalized spacial score (nSPS) is 10.5. The first-order chi connectivity index (χ1) is 6.69. The van der Waals surface area contributed by atoms with Crippen molar-refractivity contribution < 1.29 is 9.82 Å². The van der Waals surface area contributed by atoms with Crippen LogP contribution in [0, 0.1) is 10.1 Å². The van der Waals surface area contributed by atoms with Crippen LogP contribution in [0.2, 0.25) is 0 Å². The minimum Gasteiger partial charge on any atom is -0.303 e. The highest BCUT2D eigenvalue weighted by Gasteiger charge is 2.09. The Labute approximate surface area is 83.3 Å². The summed E-state index contributed by atoms with van der Waals surface area (Å²) < 4.78 is 0. The molecule has 0 atom stereocenters. The fraction of sp³-hybridized carbons (Fsp3) is 0.400. The van der Waals surface area contributed by atoms with Gasteiger partial charge in [-0.05, 0) is 13.8 Å². The SMILES string of the molecule is CC[NH+](CC)c1ccc([N+](=O)[O-])cc1. The average molecular weight is 195 g/mol. The summed E-state index contributed by atoms with van der Waals surface area (Å²) in [6, 6.07) is 6.75. The molecule has 0 aliphatic rings. The highest BCUT2D eigenvalue weighted by molar-refractivity contribution is 5.39. The Morgan fingerprint density at radius 1 is 1.21 bits per heavy atom. The Hall–Kier alpha value is -1.42. The van der Waals surface area contributed by atoms with E-state index in [2.05, 4.69) is 13.8 Å². The maximum Gasteiger partial charge on any atom is 0.269 e. The summed E-state index contributed by atoms with van der Waals surface area (Å²) >= 11 is 0. The highest BCUT2D eigenvalue weighted by atomic mass is 16.6. The number of hydrogen-bond donors (Lipinski definition) is 1. The quantitative estimate of drug-likeness (QED) is 0.578. The summed E-state index contributed by atoms with van der Waals surface area (Å²) in [5, 5.41) is 10.4. The Balaban J connectivity index is 2.87. The number of nitro benzene ring substituents is 1. The maximum atomic E-state index is 10.4. The van der Waals surface area contributed by atoms with Crippen molar-refractivity contribution in [2.24, 2.45) is 0 Å². The van der Waals surface area contributed by atoms with Crippen LogP contribution in [0.25, 0.3) is 0 Å². The van der Waals surface area contributed by atoms with Crippen molar-refractivity contribution in [3.8, 4) is 0 Å². The molecule has 14 heavy (non-hydrogen) atoms. The van der Waals surface area contributed by atoms with Gasteiger partial charge in [-0.2, -0.15) is 0 Å². The minimum absolute atomic E-state index is 0.153. The van der Waals surface area contributed by atoms with E-state index < -0.39 is 0 Å². The first kappa shape index (κ1) is 10.7. The molecule has 0 aliphatic heterocycles. The molecule has 1 aromatic rings. The predicted octanol–water partition coefficient (Wildman–Crippen LogP) is 1.15. The summed E-state index contributed by atoms with van der Waals surface area (Å²) in [7, 11) is 0. The van der Waals surface area contributed by atoms with Gasteiger partial charge in [0.05, 0.1) is 18.0 Å². The molecule has 0 amide bonds. The van der Waals surface area contributed by atoms with Gasteiger partial charge < -0.3 is 4.90 Å². The molecule has 0 fully saturated rings. The monoisotopic (exact) mass is 195 g/mol. The van der Waals surface area contributed by atoms with Crippen LogP contribution >= 0.6 is 0 Å². The number of hydrogen-bond acceptors (Lipinski definition) is 2. The van der Waals surface area contributed by atoms with Crippen LogP contribution in [-0.4, -0.2) is 18.0 Å². The molecule has 0 saturated carbocycles. The minimum atomic E-state index is -0.374. The number of non-ortho nitro benzene ring substituents is 1. The zero-order valence-corrected chi connectivity index (χ0v) is 8.49. The molecule has 0 aromatic heterocycles. The summed E-state index contributed by atoms with van der Waals surface area (Å²) in [4.78, 5) is 11.4. The predicted molar refractivity (Wildman–Crippen MR) is 54.8 cm³/mol. The third-order valence-electron chi connectivity index (χ3n) is 2.34. The van der Waals surface area contributed by atoms with Crippen LogP contribution < -0.4 is 4.90 Å². The number of rotatable bonds is 4. The highest BCUT2D eigenvalue weighted by Crippen LogP contribution is 2.12. The number of quaternary nitrogens is 1. The Bertz CT molecular complexity index is 304. The molecular weight excluding hydrogens is 180 g/mol. The second kappa shape index (κ2) is 4.72. The first-order valence-electron chi connectivity index (χ1n) is 4.78. The van der Waals surface area contributed by atoms with E-state index in [0.717, 1.165) is 18.8 Å². The molecule has 76 valence electrons. The number of benzene rings is 1. The number of nitrogens with one attached hydrogen (secondary N) is 1. The zero-order valence-electron chi connectivity index (χ0n) is 8.49. The van der Waals surface area contributed by atoms with E-state index in [1.165, 1.54) is 4.90 Å². The Morgan fingerprint density at radius 2 is 1.71 bits per heavy atom. The molecule has 0 spiro atoms. The average Bonchev–Trinajstić information content (AvgIpc) is 2.20. The van der Waals surface area contributed by atoms with Crippen molar-refractivity contribution in [3.63, 3.8) is 0 Å². The van der Waals surface area contributed by atoms with Crippen molar-refractivity contribution >= 4 is 11.4 Å². The van der Waals surface area contributed by atoms with E-state index in [1.807, 2.05) is 12.1 Å². The third kappa shape index (κ3) is 2.29. The fourth-order valence-electron chi connectivity index (χ4n) is 1.48. The van der Waals surface area contributed by atoms with Crippen molar-refractivity contribution in [1.29, 1.82) is 0 Å². The van der Waals surface area contributed by atoms with E-state index in [1.54, 1.807) is 12.1 Å². The van der Waals surface area contributed by atoms with Gasteiger partial charge in [0.2, 0.25) is 0 Å². The molecule has 1 rings (SSSR count). The second-order valence-electron chi connectivity index (χ2n) is 3.11. The van der Waals surface area contributed by atoms with Gasteiger partial charge in [-0.25, -0.2) is 0 Å². The number of nitrogens with zero attached hydrogens (tertiary/aromatic N) is 1. The summed E-state index contributed by atoms with van der Waals surface area (Å²) in [6.45, 7) is 6.18. The largest absolute Gasteiger partial charge is 0.303 e. The lowest BCUT2D eigenvalue weighted by atomic mass is 10.2. The van der Waals surface area contributed by atoms with E-state index >= 15 is 0 Å². The summed E-state index contributed by atoms with van der Waals surface area (Å²) in [5.41, 5.74) is 1.26. The second-order valence-corrected chi connectivity index (χ2v) is 3.11. The molecule has 4 heteroatoms. The van der Waals surface area contributed by atoms with E-state index in [-0.39, 0.29) is 10.6 Å². The van der Waals surface area contributed by atoms with Crippen molar-refractivity contribution in [1.82, 2.24) is 0 Å². The van der Waals surface area contributed by atoms with Crippen LogP contribution in [0.15, 0.2) is 24.3 Å². The molecule has 0 radical (unpaired) electrons. The van der Waals surface area contributed by atoms with Crippen molar-refractivity contribution in [2.45, 2.75) is 13.8 Å². The van der Waals surface area contributed by atoms with Crippen LogP contribution in [0.3, 0.4) is 0 Å². The lowest BCUT2D eigenvalue weighted by Crippen LogP contribution is -3.06. The number of nitro groups is 1. The van der Waals surface area contributed by atoms with Crippen molar-refractivity contribution in [3.05, 3.63) is 34.4 Å². The lowest BCUT2D eigenvalue weighted by molar-refractivity contribution is -0.828. The van der Waals surface area contributed by atoms with Gasteiger partial charge in [0.1, 0.15) is 5.69 Å². The van der Waals surface area contributed by atoms with E-state index in [0.29, 0.717) is 0 Å². The molecule has 4 nitrogen and oxygen atoms in total. The fourth-order valence-corrected chi connectivity index (χ4v) is 1.48. The van der Waals surface area contributed by atoms with Gasteiger partial charge in [0.15, 0.2) is 0 Å². The molecular formula is C10H15N2O2+. The van der Waals surface area contributed by atoms with Gasteiger partial charge in [-0.1, -0.05) is 0 Å². The zero-order chi connectivity index (χ0) is 10.6. The summed E-state index contributed by atoms with van der Waals surface area (Å²) in [6.07, 6.45) is 0. The van der Waals surface area contributed by atoms with Crippen LogP contribution in [-0.2, 0) is 0 Å². The van der Waals surface area contributed by atoms with E-state index in [9.17, 15) is 10.1 Å². The maximum absolute atomic E-state index is 10.4. The molecule has 0 aliphatic carbocycles. The van der Waals surface area contributed by atoms with Gasteiger partial charge in [-0.15, -0.1) is 0 Å². The Morgan fingerprint density at radius 3 is 2.07 bits per heavy atom. The molecule has 0 saturated heterocycles. The van der Waals surface area contributed by atoms with Crippen LogP contribution in [0.4, 0.5) is 11.4 Å². The standard InChI is InChI=1S/C10H14N2O2/c1-3-11(4-2)9-5-7-10(8-6-9)12(13)14/h5-8H,3-4H2,1-2H3/p+1. The van der Waals surface area contributed by atoms with E-state index in [4.69, 9.17) is 0 Å². The molecule has 0 heterocycles. The van der Waals surface area contributed by atoms with Gasteiger partial charge >= 0.3 is 0 Å². The lowest BCUT2D eigenvalue weighted by Gasteiger charge is -2.13. The van der Waals surface area contributed by atoms with Crippen LogP contribution in [0.5, 0.6) is 0 Å². The smallest absolute Gasteiger partial charge is 0.269 e. The summed E-state index contributed by atoms with van der Waals surface area (Å²) in [5.74, 6) is 0. The molecule has 1 aromatic carbocycles. The first-order valence-corrected chi connectivity index (χ1v) is 4.78. The van der Waals surface area contributed by atoms with Crippen molar-refractivity contribution in [2.75, 3.05) is 13.1 Å². The van der Waals surface area contributed by atoms with Crippen LogP contribution in [0.1, 0.15) is 13.8 Å². The topological polar surface area (TPSA) is 47.6 Å².